The molecule has 0 aliphatic carbocycles. The number of methoxy groups -OCH3 is 1. The van der Waals surface area contributed by atoms with E-state index in [1.54, 1.807) is 18.2 Å². The van der Waals surface area contributed by atoms with Crippen molar-refractivity contribution in [1.82, 2.24) is 29.9 Å². The minimum atomic E-state index is -4.18. The van der Waals surface area contributed by atoms with Gasteiger partial charge in [0.1, 0.15) is 6.07 Å². The van der Waals surface area contributed by atoms with Gasteiger partial charge in [0.2, 0.25) is 0 Å². The highest BCUT2D eigenvalue weighted by Gasteiger charge is 2.26. The second-order valence-electron chi connectivity index (χ2n) is 17.3. The SMILES string of the molecule is CCc1ccc(Br)c(C#N)n1.CCc1ccc(Br)c(C(=O)O)n1.CCc1ccc(Br)c(C(=O)OC)n1.CCc1ccc(Br)c(CCCC(F)(F)F)n1.CCc1ccc(Br)c(CO)n1.CCc1ccc(Br)c[n+]1[O-].CCc1ccc(Br)cn1.NCC(F)(F)F. The van der Waals surface area contributed by atoms with Gasteiger partial charge in [-0.15, -0.1) is 0 Å². The highest BCUT2D eigenvalue weighted by molar-refractivity contribution is 9.11. The third kappa shape index (κ3) is 35.5. The van der Waals surface area contributed by atoms with Crippen molar-refractivity contribution < 1.29 is 55.6 Å². The predicted octanol–water partition coefficient (Wildman–Crippen LogP) is 17.3. The molecule has 0 amide bonds. The van der Waals surface area contributed by atoms with Gasteiger partial charge in [-0.05, 0) is 242 Å². The molecule has 0 bridgehead atoms. The van der Waals surface area contributed by atoms with Crippen LogP contribution in [-0.2, 0) is 62.7 Å². The number of rotatable bonds is 13. The summed E-state index contributed by atoms with van der Waals surface area (Å²) in [6, 6.07) is 28.2. The fraction of sp³-hybridized carbons (Fsp3) is 0.367. The molecule has 480 valence electrons. The fourth-order valence-corrected chi connectivity index (χ4v) is 8.48. The molecular formula is C60H68Br7F6N9O6. The van der Waals surface area contributed by atoms with Crippen LogP contribution in [0, 0.1) is 16.5 Å². The van der Waals surface area contributed by atoms with E-state index >= 15 is 0 Å². The summed E-state index contributed by atoms with van der Waals surface area (Å²) in [6.07, 6.45) is 0.650. The van der Waals surface area contributed by atoms with Gasteiger partial charge in [0.05, 0.1) is 49.5 Å². The molecule has 0 radical (unpaired) electrons. The Hall–Kier alpha value is -4.86. The zero-order valence-electron chi connectivity index (χ0n) is 49.3. The lowest BCUT2D eigenvalue weighted by atomic mass is 10.1. The molecule has 15 nitrogen and oxygen atoms in total. The average Bonchev–Trinajstić information content (AvgIpc) is 3.68. The molecule has 7 aromatic rings. The first kappa shape index (κ1) is 83.1. The summed E-state index contributed by atoms with van der Waals surface area (Å²) >= 11 is 22.7. The summed E-state index contributed by atoms with van der Waals surface area (Å²) < 4.78 is 78.8. The largest absolute Gasteiger partial charge is 0.618 e. The maximum Gasteiger partial charge on any atom is 0.400 e. The second kappa shape index (κ2) is 45.4. The van der Waals surface area contributed by atoms with Crippen LogP contribution in [0.5, 0.6) is 0 Å². The van der Waals surface area contributed by atoms with E-state index in [1.165, 1.54) is 13.3 Å². The van der Waals surface area contributed by atoms with Gasteiger partial charge in [-0.2, -0.15) is 36.3 Å². The molecule has 7 heterocycles. The maximum atomic E-state index is 12.0. The van der Waals surface area contributed by atoms with E-state index in [0.29, 0.717) is 38.1 Å². The number of nitrogens with zero attached hydrogens (tertiary/aromatic N) is 8. The average molecular weight is 1680 g/mol. The number of aliphatic hydroxyl groups excluding tert-OH is 1. The Labute approximate surface area is 568 Å². The third-order valence-corrected chi connectivity index (χ3v) is 15.2. The number of pyridine rings is 7. The van der Waals surface area contributed by atoms with Crippen LogP contribution in [0.25, 0.3) is 0 Å². The van der Waals surface area contributed by atoms with E-state index < -0.39 is 37.3 Å². The fourth-order valence-electron chi connectivity index (χ4n) is 6.08. The number of nitriles is 1. The van der Waals surface area contributed by atoms with E-state index in [0.717, 1.165) is 112 Å². The van der Waals surface area contributed by atoms with Gasteiger partial charge in [-0.1, -0.05) is 48.5 Å². The van der Waals surface area contributed by atoms with Crippen molar-refractivity contribution >= 4 is 123 Å². The van der Waals surface area contributed by atoms with Crippen molar-refractivity contribution in [2.24, 2.45) is 5.73 Å². The number of hydrogen-bond acceptors (Lipinski definition) is 13. The number of ether oxygens (including phenoxy) is 1. The Bertz CT molecular complexity index is 3260. The molecule has 0 fully saturated rings. The number of alkyl halides is 6. The van der Waals surface area contributed by atoms with E-state index in [1.807, 2.05) is 121 Å². The molecule has 0 aliphatic rings. The van der Waals surface area contributed by atoms with Gasteiger partial charge < -0.3 is 25.9 Å². The Morgan fingerprint density at radius 2 is 0.989 bits per heavy atom. The summed E-state index contributed by atoms with van der Waals surface area (Å²) in [4.78, 5) is 46.6. The first-order valence-corrected chi connectivity index (χ1v) is 32.4. The molecule has 28 heteroatoms. The molecular weight excluding hydrogens is 1620 g/mol. The molecule has 0 atom stereocenters. The Morgan fingerprint density at radius 3 is 1.39 bits per heavy atom. The number of halogens is 13. The smallest absolute Gasteiger partial charge is 0.400 e. The van der Waals surface area contributed by atoms with Crippen molar-refractivity contribution in [2.45, 2.75) is 132 Å². The molecule has 0 unspecified atom stereocenters. The number of aromatic carboxylic acids is 1. The summed E-state index contributed by atoms with van der Waals surface area (Å²) in [5.41, 5.74) is 12.9. The van der Waals surface area contributed by atoms with Crippen molar-refractivity contribution in [2.75, 3.05) is 13.7 Å². The van der Waals surface area contributed by atoms with Crippen molar-refractivity contribution in [3.63, 3.8) is 0 Å². The molecule has 7 rings (SSSR count). The first-order chi connectivity index (χ1) is 41.4. The van der Waals surface area contributed by atoms with Crippen LogP contribution in [-0.4, -0.2) is 78.1 Å². The number of aliphatic hydroxyl groups is 1. The van der Waals surface area contributed by atoms with E-state index in [2.05, 4.69) is 159 Å². The van der Waals surface area contributed by atoms with Crippen LogP contribution in [0.2, 0.25) is 0 Å². The van der Waals surface area contributed by atoms with E-state index in [-0.39, 0.29) is 18.7 Å². The molecule has 4 N–H and O–H groups in total. The maximum absolute atomic E-state index is 12.0. The number of aryl methyl sites for hydroxylation is 8. The number of hydrogen-bond donors (Lipinski definition) is 3. The second-order valence-corrected chi connectivity index (χ2v) is 23.4. The van der Waals surface area contributed by atoms with Crippen molar-refractivity contribution in [1.29, 1.82) is 5.26 Å². The van der Waals surface area contributed by atoms with Crippen molar-refractivity contribution in [3.05, 3.63) is 202 Å². The lowest BCUT2D eigenvalue weighted by Gasteiger charge is -2.07. The molecule has 0 saturated heterocycles. The molecule has 88 heavy (non-hydrogen) atoms. The Balaban J connectivity index is 0.000000994. The molecule has 0 saturated carbocycles. The highest BCUT2D eigenvalue weighted by Crippen LogP contribution is 2.25. The van der Waals surface area contributed by atoms with Crippen molar-refractivity contribution in [3.8, 4) is 6.07 Å². The predicted molar refractivity (Wildman–Crippen MR) is 353 cm³/mol. The van der Waals surface area contributed by atoms with Gasteiger partial charge in [0, 0.05) is 72.7 Å². The summed E-state index contributed by atoms with van der Waals surface area (Å²) in [6.45, 7) is 12.7. The van der Waals surface area contributed by atoms with Gasteiger partial charge in [0.15, 0.2) is 29.0 Å². The minimum absolute atomic E-state index is 0.00553. The number of carbonyl (C=O) groups is 2. The number of carbonyl (C=O) groups excluding carboxylic acids is 1. The van der Waals surface area contributed by atoms with Crippen LogP contribution in [0.1, 0.15) is 139 Å². The number of carboxylic acid groups (broad SMARTS) is 1. The number of esters is 1. The molecule has 7 aromatic heterocycles. The van der Waals surface area contributed by atoms with Gasteiger partial charge >= 0.3 is 24.3 Å². The number of nitrogens with two attached hydrogens (primary N) is 1. The van der Waals surface area contributed by atoms with Gasteiger partial charge in [-0.3, -0.25) is 15.0 Å². The zero-order valence-corrected chi connectivity index (χ0v) is 60.4. The zero-order chi connectivity index (χ0) is 67.2. The van der Waals surface area contributed by atoms with Crippen LogP contribution in [0.4, 0.5) is 26.3 Å². The molecule has 0 aliphatic heterocycles. The topological polar surface area (TPSA) is 238 Å². The monoisotopic (exact) mass is 1680 g/mol. The van der Waals surface area contributed by atoms with Gasteiger partial charge in [0.25, 0.3) is 0 Å². The van der Waals surface area contributed by atoms with Gasteiger partial charge in [-0.25, -0.2) is 24.5 Å². The molecule has 0 spiro atoms. The Morgan fingerprint density at radius 1 is 0.580 bits per heavy atom. The summed E-state index contributed by atoms with van der Waals surface area (Å²) in [5.74, 6) is -1.42. The minimum Gasteiger partial charge on any atom is -0.618 e. The normalized spacial score (nSPS) is 10.2. The first-order valence-electron chi connectivity index (χ1n) is 26.8. The summed E-state index contributed by atoms with van der Waals surface area (Å²) in [7, 11) is 1.34. The summed E-state index contributed by atoms with van der Waals surface area (Å²) in [5, 5.41) is 37.1. The van der Waals surface area contributed by atoms with E-state index in [9.17, 15) is 41.1 Å². The lowest BCUT2D eigenvalue weighted by molar-refractivity contribution is -0.614. The highest BCUT2D eigenvalue weighted by atomic mass is 79.9. The standard InChI is InChI=1S/C11H13BrF3N.C9H10BrNO2.C8H7BrN2.C8H8BrNO2.C8H10BrNO.C7H8BrNO.C7H8BrN.C2H4F3N/c1-2-8-5-6-9(12)10(16-8)4-3-7-11(13,14)15;1-3-6-4-5-7(10)8(11-6)9(12)13-2;1-2-6-3-4-7(9)8(5-10)11-6;1-2-5-3-4-6(9)7(10-5)8(11)12;1-2-6-3-4-7(9)8(5-11)10-6;1-2-7-4-3-6(8)5-9(7)10;1-2-7-4-3-6(8)5-9-7;3-2(4,5)1-6/h5-6H,2-4,7H2,1H3;4-5H,3H2,1-2H3;3-4H,2H2,1H3;3-4H,2H2,1H3,(H,11,12);3-4,11H,2,5H2,1H3;3-5H,2H2,1H3;3-5H,2H2,1H3;1,6H2. The molecule has 0 aromatic carbocycles. The lowest BCUT2D eigenvalue weighted by Crippen LogP contribution is -2.30. The quantitative estimate of drug-likeness (QED) is 0.0421. The Kier molecular flexibility index (Phi) is 42.9. The van der Waals surface area contributed by atoms with Crippen LogP contribution in [0.15, 0.2) is 129 Å². The van der Waals surface area contributed by atoms with Crippen LogP contribution >= 0.6 is 112 Å². The number of carboxylic acids is 1. The van der Waals surface area contributed by atoms with E-state index in [4.69, 9.17) is 15.5 Å². The number of aromatic nitrogens is 7. The van der Waals surface area contributed by atoms with Crippen LogP contribution in [0.3, 0.4) is 0 Å². The van der Waals surface area contributed by atoms with Crippen LogP contribution < -0.4 is 10.5 Å². The third-order valence-electron chi connectivity index (χ3n) is 10.9.